The van der Waals surface area contributed by atoms with Crippen molar-refractivity contribution in [1.29, 1.82) is 0 Å². The third kappa shape index (κ3) is 5.72. The van der Waals surface area contributed by atoms with Crippen molar-refractivity contribution in [1.82, 2.24) is 10.2 Å². The number of nitrogens with one attached hydrogen (secondary N) is 2. The van der Waals surface area contributed by atoms with Gasteiger partial charge in [-0.2, -0.15) is 0 Å². The van der Waals surface area contributed by atoms with Crippen LogP contribution in [-0.4, -0.2) is 27.9 Å². The zero-order valence-electron chi connectivity index (χ0n) is 14.2. The fourth-order valence-electron chi connectivity index (χ4n) is 2.11. The van der Waals surface area contributed by atoms with Crippen molar-refractivity contribution in [2.24, 2.45) is 0 Å². The molecule has 3 rings (SSSR count). The van der Waals surface area contributed by atoms with Crippen LogP contribution >= 0.6 is 34.4 Å². The van der Waals surface area contributed by atoms with Gasteiger partial charge in [0.1, 0.15) is 11.6 Å². The van der Waals surface area contributed by atoms with Gasteiger partial charge in [0, 0.05) is 17.5 Å². The fraction of sp³-hybridized carbons (Fsp3) is 0.235. The monoisotopic (exact) mass is 426 g/mol. The van der Waals surface area contributed by atoms with E-state index in [1.54, 1.807) is 18.3 Å². The van der Waals surface area contributed by atoms with Gasteiger partial charge in [0.05, 0.1) is 10.9 Å². The van der Waals surface area contributed by atoms with Crippen LogP contribution in [0.1, 0.15) is 11.8 Å². The maximum atomic E-state index is 13.6. The number of nitrogens with zero attached hydrogens (tertiary/aromatic N) is 2. The first-order chi connectivity index (χ1) is 13.0. The lowest BCUT2D eigenvalue weighted by atomic mass is 10.3. The van der Waals surface area contributed by atoms with Crippen LogP contribution in [-0.2, 0) is 11.2 Å². The van der Waals surface area contributed by atoms with Gasteiger partial charge in [-0.1, -0.05) is 29.2 Å². The van der Waals surface area contributed by atoms with E-state index >= 15 is 0 Å². The van der Waals surface area contributed by atoms with Gasteiger partial charge in [-0.05, 0) is 36.9 Å². The van der Waals surface area contributed by atoms with Gasteiger partial charge in [0.25, 0.3) is 0 Å². The van der Waals surface area contributed by atoms with E-state index in [4.69, 9.17) is 0 Å². The summed E-state index contributed by atoms with van der Waals surface area (Å²) < 4.78 is 27.2. The number of benzene rings is 1. The van der Waals surface area contributed by atoms with E-state index in [1.165, 1.54) is 34.0 Å². The van der Waals surface area contributed by atoms with Crippen LogP contribution in [0.5, 0.6) is 0 Å². The molecule has 1 atom stereocenters. The Morgan fingerprint density at radius 1 is 1.30 bits per heavy atom. The number of carbonyl (C=O) groups is 1. The minimum atomic E-state index is -0.811. The molecule has 142 valence electrons. The number of halogens is 2. The first-order valence-electron chi connectivity index (χ1n) is 8.03. The SMILES string of the molecule is CC(Sc1nnc(NCCc2cccs2)s1)C(=O)Nc1ccc(F)cc1F. The molecule has 0 bridgehead atoms. The predicted octanol–water partition coefficient (Wildman–Crippen LogP) is 4.65. The number of anilines is 2. The number of amides is 1. The Hall–Kier alpha value is -2.04. The molecule has 27 heavy (non-hydrogen) atoms. The second kappa shape index (κ2) is 9.25. The predicted molar refractivity (Wildman–Crippen MR) is 107 cm³/mol. The number of thiophene rings is 1. The maximum Gasteiger partial charge on any atom is 0.237 e. The number of thioether (sulfide) groups is 1. The number of hydrogen-bond acceptors (Lipinski definition) is 7. The molecule has 0 aliphatic carbocycles. The summed E-state index contributed by atoms with van der Waals surface area (Å²) in [5, 5.41) is 16.0. The van der Waals surface area contributed by atoms with Gasteiger partial charge in [-0.25, -0.2) is 8.78 Å². The summed E-state index contributed by atoms with van der Waals surface area (Å²) in [6, 6.07) is 7.12. The van der Waals surface area contributed by atoms with Crippen LogP contribution in [0.25, 0.3) is 0 Å². The van der Waals surface area contributed by atoms with Crippen molar-refractivity contribution in [2.45, 2.75) is 22.9 Å². The van der Waals surface area contributed by atoms with E-state index in [1.807, 2.05) is 11.4 Å². The number of hydrogen-bond donors (Lipinski definition) is 2. The van der Waals surface area contributed by atoms with Gasteiger partial charge < -0.3 is 10.6 Å². The van der Waals surface area contributed by atoms with Crippen molar-refractivity contribution in [3.8, 4) is 0 Å². The quantitative estimate of drug-likeness (QED) is 0.513. The molecule has 0 saturated carbocycles. The average Bonchev–Trinajstić information content (AvgIpc) is 3.29. The third-order valence-corrected chi connectivity index (χ3v) is 6.47. The average molecular weight is 427 g/mol. The molecule has 2 heterocycles. The van der Waals surface area contributed by atoms with E-state index in [2.05, 4.69) is 26.9 Å². The Kier molecular flexibility index (Phi) is 6.75. The molecule has 0 fully saturated rings. The summed E-state index contributed by atoms with van der Waals surface area (Å²) in [7, 11) is 0. The minimum absolute atomic E-state index is 0.0537. The lowest BCUT2D eigenvalue weighted by Gasteiger charge is -2.10. The topological polar surface area (TPSA) is 66.9 Å². The summed E-state index contributed by atoms with van der Waals surface area (Å²) in [6.45, 7) is 2.44. The van der Waals surface area contributed by atoms with Crippen LogP contribution in [0.4, 0.5) is 19.6 Å². The zero-order valence-corrected chi connectivity index (χ0v) is 16.7. The Balaban J connectivity index is 1.49. The van der Waals surface area contributed by atoms with Crippen molar-refractivity contribution < 1.29 is 13.6 Å². The summed E-state index contributed by atoms with van der Waals surface area (Å²) in [5.41, 5.74) is -0.0537. The van der Waals surface area contributed by atoms with E-state index < -0.39 is 22.8 Å². The second-order valence-electron chi connectivity index (χ2n) is 5.50. The number of carbonyl (C=O) groups excluding carboxylic acids is 1. The third-order valence-electron chi connectivity index (χ3n) is 3.47. The molecular weight excluding hydrogens is 410 g/mol. The molecule has 0 aliphatic heterocycles. The van der Waals surface area contributed by atoms with Gasteiger partial charge >= 0.3 is 0 Å². The molecule has 1 amide bonds. The molecular formula is C17H16F2N4OS3. The van der Waals surface area contributed by atoms with Crippen LogP contribution < -0.4 is 10.6 Å². The van der Waals surface area contributed by atoms with E-state index in [0.717, 1.165) is 25.1 Å². The number of aromatic nitrogens is 2. The summed E-state index contributed by atoms with van der Waals surface area (Å²) in [6.07, 6.45) is 0.905. The van der Waals surface area contributed by atoms with E-state index in [0.29, 0.717) is 9.47 Å². The lowest BCUT2D eigenvalue weighted by Crippen LogP contribution is -2.22. The van der Waals surface area contributed by atoms with Gasteiger partial charge in [0.2, 0.25) is 11.0 Å². The van der Waals surface area contributed by atoms with Crippen LogP contribution in [0.3, 0.4) is 0 Å². The molecule has 1 aromatic carbocycles. The molecule has 0 saturated heterocycles. The first kappa shape index (κ1) is 19.7. The largest absolute Gasteiger partial charge is 0.360 e. The normalized spacial score (nSPS) is 12.0. The summed E-state index contributed by atoms with van der Waals surface area (Å²) >= 11 is 4.30. The lowest BCUT2D eigenvalue weighted by molar-refractivity contribution is -0.115. The van der Waals surface area contributed by atoms with Crippen molar-refractivity contribution in [2.75, 3.05) is 17.2 Å². The summed E-state index contributed by atoms with van der Waals surface area (Å²) in [5.74, 6) is -1.90. The van der Waals surface area contributed by atoms with Crippen LogP contribution in [0.2, 0.25) is 0 Å². The Morgan fingerprint density at radius 2 is 2.15 bits per heavy atom. The van der Waals surface area contributed by atoms with Gasteiger partial charge in [-0.15, -0.1) is 21.5 Å². The number of rotatable bonds is 8. The summed E-state index contributed by atoms with van der Waals surface area (Å²) in [4.78, 5) is 13.5. The van der Waals surface area contributed by atoms with Crippen molar-refractivity contribution in [3.05, 3.63) is 52.2 Å². The highest BCUT2D eigenvalue weighted by Crippen LogP contribution is 2.29. The Labute approximate surface area is 167 Å². The maximum absolute atomic E-state index is 13.6. The Bertz CT molecular complexity index is 901. The highest BCUT2D eigenvalue weighted by molar-refractivity contribution is 8.02. The second-order valence-corrected chi connectivity index (χ2v) is 9.10. The first-order valence-corrected chi connectivity index (χ1v) is 10.6. The zero-order chi connectivity index (χ0) is 19.2. The molecule has 2 aromatic heterocycles. The molecule has 3 aromatic rings. The highest BCUT2D eigenvalue weighted by atomic mass is 32.2. The minimum Gasteiger partial charge on any atom is -0.360 e. The Morgan fingerprint density at radius 3 is 2.89 bits per heavy atom. The molecule has 2 N–H and O–H groups in total. The molecule has 0 spiro atoms. The van der Waals surface area contributed by atoms with E-state index in [-0.39, 0.29) is 5.69 Å². The van der Waals surface area contributed by atoms with Gasteiger partial charge in [-0.3, -0.25) is 4.79 Å². The van der Waals surface area contributed by atoms with Crippen molar-refractivity contribution >= 4 is 51.2 Å². The molecule has 0 aliphatic rings. The smallest absolute Gasteiger partial charge is 0.237 e. The molecule has 0 radical (unpaired) electrons. The molecule has 5 nitrogen and oxygen atoms in total. The van der Waals surface area contributed by atoms with Gasteiger partial charge in [0.15, 0.2) is 4.34 Å². The highest BCUT2D eigenvalue weighted by Gasteiger charge is 2.18. The van der Waals surface area contributed by atoms with Crippen LogP contribution in [0, 0.1) is 11.6 Å². The fourth-order valence-corrected chi connectivity index (χ4v) is 4.74. The standard InChI is InChI=1S/C17H16F2N4OS3/c1-10(15(24)21-14-5-4-11(18)9-13(14)19)26-17-23-22-16(27-17)20-7-6-12-3-2-8-25-12/h2-5,8-10H,6-7H2,1H3,(H,20,22)(H,21,24). The molecule has 10 heteroatoms. The van der Waals surface area contributed by atoms with Crippen molar-refractivity contribution in [3.63, 3.8) is 0 Å². The molecule has 1 unspecified atom stereocenters. The van der Waals surface area contributed by atoms with E-state index in [9.17, 15) is 13.6 Å². The van der Waals surface area contributed by atoms with Crippen LogP contribution in [0.15, 0.2) is 40.1 Å².